The van der Waals surface area contributed by atoms with Crippen LogP contribution in [0.1, 0.15) is 44.6 Å². The maximum absolute atomic E-state index is 12.8. The molecular formula is C16H25N3O. The van der Waals surface area contributed by atoms with Crippen LogP contribution in [0.25, 0.3) is 0 Å². The smallest absolute Gasteiger partial charge is 0.228 e. The maximum atomic E-state index is 12.8. The first-order valence-electron chi connectivity index (χ1n) is 7.54. The summed E-state index contributed by atoms with van der Waals surface area (Å²) >= 11 is 0. The quantitative estimate of drug-likeness (QED) is 0.867. The highest BCUT2D eigenvalue weighted by Gasteiger charge is 2.38. The number of carbonyl (C=O) groups is 1. The number of hydrogen-bond donors (Lipinski definition) is 1. The predicted molar refractivity (Wildman–Crippen MR) is 79.9 cm³/mol. The average Bonchev–Trinajstić information content (AvgIpc) is 2.92. The molecule has 1 aromatic rings. The van der Waals surface area contributed by atoms with E-state index in [9.17, 15) is 4.79 Å². The number of aromatic nitrogens is 1. The average molecular weight is 275 g/mol. The van der Waals surface area contributed by atoms with E-state index in [0.29, 0.717) is 13.1 Å². The molecular weight excluding hydrogens is 250 g/mol. The fourth-order valence-corrected chi connectivity index (χ4v) is 3.00. The summed E-state index contributed by atoms with van der Waals surface area (Å²) < 4.78 is 0. The standard InChI is InChI=1S/C16H25N3O/c1-16(7-2-3-8-16)15(20)19(11-5-9-17)13-14-6-4-10-18-12-14/h4,6,10,12H,2-3,5,7-9,11,13,17H2,1H3. The van der Waals surface area contributed by atoms with Gasteiger partial charge in [-0.2, -0.15) is 0 Å². The first-order valence-corrected chi connectivity index (χ1v) is 7.54. The third kappa shape index (κ3) is 3.57. The number of rotatable bonds is 6. The Hall–Kier alpha value is -1.42. The molecule has 0 spiro atoms. The highest BCUT2D eigenvalue weighted by molar-refractivity contribution is 5.82. The van der Waals surface area contributed by atoms with E-state index in [2.05, 4.69) is 11.9 Å². The number of amides is 1. The summed E-state index contributed by atoms with van der Waals surface area (Å²) in [6.07, 6.45) is 8.80. The Morgan fingerprint density at radius 3 is 2.80 bits per heavy atom. The van der Waals surface area contributed by atoms with Gasteiger partial charge in [0.05, 0.1) is 0 Å². The van der Waals surface area contributed by atoms with Gasteiger partial charge < -0.3 is 10.6 Å². The summed E-state index contributed by atoms with van der Waals surface area (Å²) in [7, 11) is 0. The van der Waals surface area contributed by atoms with Crippen LogP contribution in [-0.4, -0.2) is 28.9 Å². The van der Waals surface area contributed by atoms with Gasteiger partial charge in [0.25, 0.3) is 0 Å². The number of nitrogens with zero attached hydrogens (tertiary/aromatic N) is 2. The number of nitrogens with two attached hydrogens (primary N) is 1. The molecule has 0 bridgehead atoms. The van der Waals surface area contributed by atoms with E-state index in [0.717, 1.165) is 31.4 Å². The highest BCUT2D eigenvalue weighted by Crippen LogP contribution is 2.39. The van der Waals surface area contributed by atoms with Gasteiger partial charge in [-0.3, -0.25) is 9.78 Å². The van der Waals surface area contributed by atoms with Crippen molar-refractivity contribution in [1.82, 2.24) is 9.88 Å². The first kappa shape index (κ1) is 15.0. The van der Waals surface area contributed by atoms with Crippen molar-refractivity contribution in [2.45, 2.75) is 45.6 Å². The van der Waals surface area contributed by atoms with E-state index in [1.165, 1.54) is 12.8 Å². The predicted octanol–water partition coefficient (Wildman–Crippen LogP) is 2.34. The molecule has 2 rings (SSSR count). The SMILES string of the molecule is CC1(C(=O)N(CCCN)Cc2cccnc2)CCCC1. The Balaban J connectivity index is 2.08. The lowest BCUT2D eigenvalue weighted by molar-refractivity contribution is -0.141. The molecule has 1 amide bonds. The Morgan fingerprint density at radius 2 is 2.20 bits per heavy atom. The molecule has 4 nitrogen and oxygen atoms in total. The van der Waals surface area contributed by atoms with Crippen molar-refractivity contribution in [1.29, 1.82) is 0 Å². The van der Waals surface area contributed by atoms with Gasteiger partial charge in [-0.25, -0.2) is 0 Å². The lowest BCUT2D eigenvalue weighted by atomic mass is 9.87. The zero-order valence-corrected chi connectivity index (χ0v) is 12.3. The van der Waals surface area contributed by atoms with Crippen molar-refractivity contribution in [2.24, 2.45) is 11.1 Å². The summed E-state index contributed by atoms with van der Waals surface area (Å²) in [6.45, 7) is 4.11. The third-order valence-electron chi connectivity index (χ3n) is 4.24. The topological polar surface area (TPSA) is 59.2 Å². The van der Waals surface area contributed by atoms with Gasteiger partial charge >= 0.3 is 0 Å². The van der Waals surface area contributed by atoms with Gasteiger partial charge in [0, 0.05) is 30.9 Å². The van der Waals surface area contributed by atoms with Crippen molar-refractivity contribution < 1.29 is 4.79 Å². The Kier molecular flexibility index (Phi) is 5.12. The molecule has 0 unspecified atom stereocenters. The van der Waals surface area contributed by atoms with Gasteiger partial charge in [-0.15, -0.1) is 0 Å². The van der Waals surface area contributed by atoms with E-state index in [1.54, 1.807) is 6.20 Å². The lowest BCUT2D eigenvalue weighted by Gasteiger charge is -2.31. The minimum Gasteiger partial charge on any atom is -0.338 e. The molecule has 1 aromatic heterocycles. The van der Waals surface area contributed by atoms with Crippen molar-refractivity contribution in [3.8, 4) is 0 Å². The van der Waals surface area contributed by atoms with Crippen molar-refractivity contribution >= 4 is 5.91 Å². The summed E-state index contributed by atoms with van der Waals surface area (Å²) in [5.41, 5.74) is 6.52. The Bertz CT molecular complexity index is 427. The van der Waals surface area contributed by atoms with Gasteiger partial charge in [0.1, 0.15) is 0 Å². The number of pyridine rings is 1. The summed E-state index contributed by atoms with van der Waals surface area (Å²) in [4.78, 5) is 18.9. The van der Waals surface area contributed by atoms with Crippen LogP contribution < -0.4 is 5.73 Å². The van der Waals surface area contributed by atoms with E-state index < -0.39 is 0 Å². The van der Waals surface area contributed by atoms with Crippen LogP contribution in [-0.2, 0) is 11.3 Å². The van der Waals surface area contributed by atoms with Crippen molar-refractivity contribution in [2.75, 3.05) is 13.1 Å². The second-order valence-electron chi connectivity index (χ2n) is 6.00. The van der Waals surface area contributed by atoms with E-state index in [-0.39, 0.29) is 11.3 Å². The number of hydrogen-bond acceptors (Lipinski definition) is 3. The molecule has 4 heteroatoms. The van der Waals surface area contributed by atoms with Crippen LogP contribution in [0.2, 0.25) is 0 Å². The molecule has 20 heavy (non-hydrogen) atoms. The summed E-state index contributed by atoms with van der Waals surface area (Å²) in [6, 6.07) is 3.94. The zero-order valence-electron chi connectivity index (χ0n) is 12.3. The fraction of sp³-hybridized carbons (Fsp3) is 0.625. The van der Waals surface area contributed by atoms with Gasteiger partial charge in [0.15, 0.2) is 0 Å². The van der Waals surface area contributed by atoms with Crippen LogP contribution in [0, 0.1) is 5.41 Å². The molecule has 1 aliphatic rings. The molecule has 0 atom stereocenters. The normalized spacial score (nSPS) is 17.1. The van der Waals surface area contributed by atoms with Crippen LogP contribution in [0.15, 0.2) is 24.5 Å². The lowest BCUT2D eigenvalue weighted by Crippen LogP contribution is -2.41. The molecule has 110 valence electrons. The van der Waals surface area contributed by atoms with Gasteiger partial charge in [-0.05, 0) is 37.4 Å². The molecule has 0 radical (unpaired) electrons. The molecule has 0 aromatic carbocycles. The molecule has 2 N–H and O–H groups in total. The molecule has 0 saturated heterocycles. The molecule has 1 aliphatic carbocycles. The van der Waals surface area contributed by atoms with Crippen molar-refractivity contribution in [3.63, 3.8) is 0 Å². The minimum atomic E-state index is -0.170. The molecule has 1 saturated carbocycles. The monoisotopic (exact) mass is 275 g/mol. The second kappa shape index (κ2) is 6.84. The van der Waals surface area contributed by atoms with E-state index in [4.69, 9.17) is 5.73 Å². The zero-order chi connectivity index (χ0) is 14.4. The number of carbonyl (C=O) groups excluding carboxylic acids is 1. The maximum Gasteiger partial charge on any atom is 0.228 e. The fourth-order valence-electron chi connectivity index (χ4n) is 3.00. The van der Waals surface area contributed by atoms with Crippen LogP contribution in [0.3, 0.4) is 0 Å². The third-order valence-corrected chi connectivity index (χ3v) is 4.24. The van der Waals surface area contributed by atoms with E-state index in [1.807, 2.05) is 23.2 Å². The van der Waals surface area contributed by atoms with Crippen LogP contribution in [0.4, 0.5) is 0 Å². The molecule has 0 aliphatic heterocycles. The summed E-state index contributed by atoms with van der Waals surface area (Å²) in [5.74, 6) is 0.285. The Labute approximate surface area is 121 Å². The minimum absolute atomic E-state index is 0.170. The van der Waals surface area contributed by atoms with Crippen LogP contribution in [0.5, 0.6) is 0 Å². The van der Waals surface area contributed by atoms with Crippen LogP contribution >= 0.6 is 0 Å². The van der Waals surface area contributed by atoms with Gasteiger partial charge in [0.2, 0.25) is 5.91 Å². The van der Waals surface area contributed by atoms with E-state index >= 15 is 0 Å². The second-order valence-corrected chi connectivity index (χ2v) is 6.00. The molecule has 1 heterocycles. The highest BCUT2D eigenvalue weighted by atomic mass is 16.2. The van der Waals surface area contributed by atoms with Gasteiger partial charge in [-0.1, -0.05) is 25.8 Å². The molecule has 1 fully saturated rings. The first-order chi connectivity index (χ1) is 9.65. The Morgan fingerprint density at radius 1 is 1.45 bits per heavy atom. The van der Waals surface area contributed by atoms with Crippen molar-refractivity contribution in [3.05, 3.63) is 30.1 Å². The summed E-state index contributed by atoms with van der Waals surface area (Å²) in [5, 5.41) is 0. The largest absolute Gasteiger partial charge is 0.338 e.